The molecular weight excluding hydrogens is 222 g/mol. The van der Waals surface area contributed by atoms with Crippen molar-refractivity contribution < 1.29 is 0 Å². The van der Waals surface area contributed by atoms with E-state index in [1.54, 1.807) is 0 Å². The third-order valence-corrected chi connectivity index (χ3v) is 4.05. The highest BCUT2D eigenvalue weighted by molar-refractivity contribution is 5.20. The monoisotopic (exact) mass is 247 g/mol. The van der Waals surface area contributed by atoms with Gasteiger partial charge >= 0.3 is 0 Å². The van der Waals surface area contributed by atoms with Crippen molar-refractivity contribution in [3.63, 3.8) is 0 Å². The van der Waals surface area contributed by atoms with Crippen molar-refractivity contribution in [1.82, 2.24) is 15.2 Å². The molecule has 1 fully saturated rings. The van der Waals surface area contributed by atoms with Crippen LogP contribution in [-0.2, 0) is 6.54 Å². The standard InChI is InChI=1S/C15H25N3/c1-3-18-8-5-14(6-9-18)10-17-12-15-11-16-7-4-13(15)2/h4,7,11,14,17H,3,5-6,8-10,12H2,1-2H3. The highest BCUT2D eigenvalue weighted by atomic mass is 15.1. The Balaban J connectivity index is 1.69. The average molecular weight is 247 g/mol. The van der Waals surface area contributed by atoms with E-state index in [9.17, 15) is 0 Å². The van der Waals surface area contributed by atoms with Gasteiger partial charge in [0.25, 0.3) is 0 Å². The van der Waals surface area contributed by atoms with Gasteiger partial charge in [-0.05, 0) is 69.1 Å². The average Bonchev–Trinajstić information content (AvgIpc) is 2.42. The van der Waals surface area contributed by atoms with E-state index in [2.05, 4.69) is 35.1 Å². The number of hydrogen-bond donors (Lipinski definition) is 1. The van der Waals surface area contributed by atoms with Crippen molar-refractivity contribution in [2.75, 3.05) is 26.2 Å². The van der Waals surface area contributed by atoms with Crippen molar-refractivity contribution in [2.45, 2.75) is 33.2 Å². The lowest BCUT2D eigenvalue weighted by Crippen LogP contribution is -2.37. The largest absolute Gasteiger partial charge is 0.312 e. The molecule has 3 heteroatoms. The second-order valence-corrected chi connectivity index (χ2v) is 5.31. The van der Waals surface area contributed by atoms with Crippen molar-refractivity contribution >= 4 is 0 Å². The maximum absolute atomic E-state index is 4.19. The van der Waals surface area contributed by atoms with Gasteiger partial charge in [-0.25, -0.2) is 0 Å². The number of aromatic nitrogens is 1. The van der Waals surface area contributed by atoms with Gasteiger partial charge in [0, 0.05) is 18.9 Å². The van der Waals surface area contributed by atoms with E-state index in [1.807, 2.05) is 12.4 Å². The fraction of sp³-hybridized carbons (Fsp3) is 0.667. The summed E-state index contributed by atoms with van der Waals surface area (Å²) in [4.78, 5) is 6.73. The van der Waals surface area contributed by atoms with E-state index >= 15 is 0 Å². The van der Waals surface area contributed by atoms with Crippen molar-refractivity contribution in [2.24, 2.45) is 5.92 Å². The van der Waals surface area contributed by atoms with Crippen LogP contribution in [0, 0.1) is 12.8 Å². The first-order chi connectivity index (χ1) is 8.79. The van der Waals surface area contributed by atoms with Gasteiger partial charge in [-0.1, -0.05) is 6.92 Å². The number of nitrogens with zero attached hydrogens (tertiary/aromatic N) is 2. The van der Waals surface area contributed by atoms with Crippen LogP contribution < -0.4 is 5.32 Å². The van der Waals surface area contributed by atoms with Gasteiger partial charge in [-0.3, -0.25) is 4.98 Å². The number of pyridine rings is 1. The van der Waals surface area contributed by atoms with Crippen molar-refractivity contribution in [3.8, 4) is 0 Å². The van der Waals surface area contributed by atoms with Gasteiger partial charge in [0.15, 0.2) is 0 Å². The minimum absolute atomic E-state index is 0.852. The molecule has 0 aromatic carbocycles. The van der Waals surface area contributed by atoms with Gasteiger partial charge in [0.05, 0.1) is 0 Å². The molecule has 1 aromatic heterocycles. The predicted octanol–water partition coefficient (Wildman–Crippen LogP) is 2.21. The molecule has 0 atom stereocenters. The second-order valence-electron chi connectivity index (χ2n) is 5.31. The van der Waals surface area contributed by atoms with Crippen LogP contribution in [0.2, 0.25) is 0 Å². The molecule has 0 spiro atoms. The van der Waals surface area contributed by atoms with Crippen LogP contribution in [-0.4, -0.2) is 36.1 Å². The number of piperidine rings is 1. The molecule has 0 saturated carbocycles. The van der Waals surface area contributed by atoms with Crippen LogP contribution in [0.1, 0.15) is 30.9 Å². The minimum Gasteiger partial charge on any atom is -0.312 e. The molecule has 1 saturated heterocycles. The molecule has 2 heterocycles. The molecule has 1 aromatic rings. The Hall–Kier alpha value is -0.930. The zero-order valence-corrected chi connectivity index (χ0v) is 11.7. The van der Waals surface area contributed by atoms with Crippen LogP contribution in [0.3, 0.4) is 0 Å². The molecule has 0 unspecified atom stereocenters. The van der Waals surface area contributed by atoms with Crippen LogP contribution >= 0.6 is 0 Å². The summed E-state index contributed by atoms with van der Waals surface area (Å²) in [6.45, 7) is 10.3. The molecule has 18 heavy (non-hydrogen) atoms. The third-order valence-electron chi connectivity index (χ3n) is 4.05. The van der Waals surface area contributed by atoms with Crippen LogP contribution in [0.5, 0.6) is 0 Å². The van der Waals surface area contributed by atoms with Crippen molar-refractivity contribution in [3.05, 3.63) is 29.6 Å². The van der Waals surface area contributed by atoms with Gasteiger partial charge in [-0.2, -0.15) is 0 Å². The fourth-order valence-corrected chi connectivity index (χ4v) is 2.60. The van der Waals surface area contributed by atoms with Crippen molar-refractivity contribution in [1.29, 1.82) is 0 Å². The van der Waals surface area contributed by atoms with Crippen LogP contribution in [0.15, 0.2) is 18.5 Å². The summed E-state index contributed by atoms with van der Waals surface area (Å²) in [5, 5.41) is 3.59. The van der Waals surface area contributed by atoms with Gasteiger partial charge in [-0.15, -0.1) is 0 Å². The topological polar surface area (TPSA) is 28.2 Å². The second kappa shape index (κ2) is 6.86. The van der Waals surface area contributed by atoms with Crippen LogP contribution in [0.25, 0.3) is 0 Å². The third kappa shape index (κ3) is 3.79. The highest BCUT2D eigenvalue weighted by Crippen LogP contribution is 2.16. The Morgan fingerprint density at radius 3 is 2.83 bits per heavy atom. The van der Waals surface area contributed by atoms with Crippen LogP contribution in [0.4, 0.5) is 0 Å². The van der Waals surface area contributed by atoms with E-state index in [0.29, 0.717) is 0 Å². The summed E-state index contributed by atoms with van der Waals surface area (Å²) in [6.07, 6.45) is 6.51. The maximum atomic E-state index is 4.19. The highest BCUT2D eigenvalue weighted by Gasteiger charge is 2.17. The Labute approximate surface area is 111 Å². The van der Waals surface area contributed by atoms with Gasteiger partial charge in [0.1, 0.15) is 0 Å². The summed E-state index contributed by atoms with van der Waals surface area (Å²) < 4.78 is 0. The molecule has 1 aliphatic rings. The number of rotatable bonds is 5. The molecule has 3 nitrogen and oxygen atoms in total. The lowest BCUT2D eigenvalue weighted by Gasteiger charge is -2.31. The molecule has 2 rings (SSSR count). The summed E-state index contributed by atoms with van der Waals surface area (Å²) in [6, 6.07) is 2.08. The number of likely N-dealkylation sites (tertiary alicyclic amines) is 1. The summed E-state index contributed by atoms with van der Waals surface area (Å²) in [5.41, 5.74) is 2.65. The molecule has 100 valence electrons. The predicted molar refractivity (Wildman–Crippen MR) is 75.5 cm³/mol. The first-order valence-electron chi connectivity index (χ1n) is 7.12. The van der Waals surface area contributed by atoms with E-state index < -0.39 is 0 Å². The van der Waals surface area contributed by atoms with Gasteiger partial charge < -0.3 is 10.2 Å². The summed E-state index contributed by atoms with van der Waals surface area (Å²) >= 11 is 0. The summed E-state index contributed by atoms with van der Waals surface area (Å²) in [7, 11) is 0. The molecule has 1 aliphatic heterocycles. The Morgan fingerprint density at radius 2 is 2.17 bits per heavy atom. The SMILES string of the molecule is CCN1CCC(CNCc2cnccc2C)CC1. The van der Waals surface area contributed by atoms with E-state index in [4.69, 9.17) is 0 Å². The fourth-order valence-electron chi connectivity index (χ4n) is 2.60. The summed E-state index contributed by atoms with van der Waals surface area (Å²) in [5.74, 6) is 0.852. The first kappa shape index (κ1) is 13.5. The quantitative estimate of drug-likeness (QED) is 0.864. The van der Waals surface area contributed by atoms with Gasteiger partial charge in [0.2, 0.25) is 0 Å². The smallest absolute Gasteiger partial charge is 0.0315 e. The molecule has 0 aliphatic carbocycles. The molecule has 0 radical (unpaired) electrons. The normalized spacial score (nSPS) is 18.1. The molecule has 0 bridgehead atoms. The number of aryl methyl sites for hydroxylation is 1. The minimum atomic E-state index is 0.852. The van der Waals surface area contributed by atoms with E-state index in [-0.39, 0.29) is 0 Å². The Morgan fingerprint density at radius 1 is 1.39 bits per heavy atom. The molecular formula is C15H25N3. The Kier molecular flexibility index (Phi) is 5.14. The van der Waals surface area contributed by atoms with E-state index in [0.717, 1.165) is 19.0 Å². The number of nitrogens with one attached hydrogen (secondary N) is 1. The lowest BCUT2D eigenvalue weighted by molar-refractivity contribution is 0.190. The Bertz CT molecular complexity index is 357. The number of hydrogen-bond acceptors (Lipinski definition) is 3. The lowest BCUT2D eigenvalue weighted by atomic mass is 9.97. The maximum Gasteiger partial charge on any atom is 0.0315 e. The van der Waals surface area contributed by atoms with E-state index in [1.165, 1.54) is 43.6 Å². The zero-order chi connectivity index (χ0) is 12.8. The molecule has 0 amide bonds. The zero-order valence-electron chi connectivity index (χ0n) is 11.7. The first-order valence-corrected chi connectivity index (χ1v) is 7.12. The molecule has 1 N–H and O–H groups in total.